The average Bonchev–Trinajstić information content (AvgIpc) is 3.37. The van der Waals surface area contributed by atoms with E-state index in [1.165, 1.54) is 54.9 Å². The third kappa shape index (κ3) is 6.22. The van der Waals surface area contributed by atoms with Gasteiger partial charge < -0.3 is 8.92 Å². The molecule has 4 rings (SSSR count). The molecule has 0 saturated carbocycles. The van der Waals surface area contributed by atoms with Gasteiger partial charge >= 0.3 is 10.1 Å². The molecule has 1 aromatic heterocycles. The van der Waals surface area contributed by atoms with Gasteiger partial charge in [0, 0.05) is 10.9 Å². The van der Waals surface area contributed by atoms with Crippen molar-refractivity contribution >= 4 is 38.6 Å². The number of hydrogen-bond acceptors (Lipinski definition) is 8. The van der Waals surface area contributed by atoms with Crippen LogP contribution >= 0.6 is 11.3 Å². The largest absolute Gasteiger partial charge is 0.493 e. The zero-order valence-corrected chi connectivity index (χ0v) is 21.5. The predicted octanol–water partition coefficient (Wildman–Crippen LogP) is 5.44. The maximum Gasteiger partial charge on any atom is 0.339 e. The van der Waals surface area contributed by atoms with Crippen LogP contribution in [-0.4, -0.2) is 26.4 Å². The highest BCUT2D eigenvalue weighted by Crippen LogP contribution is 2.32. The van der Waals surface area contributed by atoms with Crippen LogP contribution in [-0.2, 0) is 14.9 Å². The number of methoxy groups -OCH3 is 1. The number of anilines is 1. The first-order valence-electron chi connectivity index (χ1n) is 10.9. The molecule has 8 nitrogen and oxygen atoms in total. The molecule has 0 radical (unpaired) electrons. The van der Waals surface area contributed by atoms with Gasteiger partial charge in [0.15, 0.2) is 16.6 Å². The van der Waals surface area contributed by atoms with Crippen molar-refractivity contribution in [2.75, 3.05) is 12.4 Å². The number of carbonyl (C=O) groups excluding carboxylic acids is 1. The number of benzene rings is 3. The fraction of sp³-hybridized carbons (Fsp3) is 0.0741. The van der Waals surface area contributed by atoms with Crippen molar-refractivity contribution in [3.05, 3.63) is 94.9 Å². The molecule has 0 aliphatic heterocycles. The van der Waals surface area contributed by atoms with Crippen LogP contribution in [0.2, 0.25) is 0 Å². The van der Waals surface area contributed by atoms with Crippen LogP contribution in [0.3, 0.4) is 0 Å². The van der Waals surface area contributed by atoms with Crippen molar-refractivity contribution in [3.8, 4) is 28.8 Å². The Balaban J connectivity index is 1.52. The summed E-state index contributed by atoms with van der Waals surface area (Å²) in [6.45, 7) is 1.85. The maximum absolute atomic E-state index is 12.7. The molecule has 4 aromatic rings. The summed E-state index contributed by atoms with van der Waals surface area (Å²) in [5, 5.41) is 14.4. The molecule has 10 heteroatoms. The third-order valence-corrected chi connectivity index (χ3v) is 7.17. The molecule has 0 aliphatic rings. The number of thiazole rings is 1. The van der Waals surface area contributed by atoms with Crippen molar-refractivity contribution in [2.24, 2.45) is 0 Å². The lowest BCUT2D eigenvalue weighted by molar-refractivity contribution is -0.112. The zero-order valence-electron chi connectivity index (χ0n) is 19.8. The smallest absolute Gasteiger partial charge is 0.339 e. The van der Waals surface area contributed by atoms with Crippen LogP contribution in [0.5, 0.6) is 11.5 Å². The molecular formula is C27H21N3O5S2. The van der Waals surface area contributed by atoms with Gasteiger partial charge in [-0.3, -0.25) is 10.1 Å². The molecule has 0 saturated heterocycles. The highest BCUT2D eigenvalue weighted by atomic mass is 32.2. The minimum absolute atomic E-state index is 0.00479. The zero-order chi connectivity index (χ0) is 26.4. The van der Waals surface area contributed by atoms with Gasteiger partial charge in [0.1, 0.15) is 16.5 Å². The molecule has 186 valence electrons. The van der Waals surface area contributed by atoms with Gasteiger partial charge in [0.25, 0.3) is 5.91 Å². The molecule has 1 N–H and O–H groups in total. The van der Waals surface area contributed by atoms with Crippen LogP contribution in [0.25, 0.3) is 17.3 Å². The molecule has 1 amide bonds. The lowest BCUT2D eigenvalue weighted by Crippen LogP contribution is -2.13. The number of amides is 1. The second-order valence-corrected chi connectivity index (χ2v) is 10.2. The van der Waals surface area contributed by atoms with Crippen molar-refractivity contribution < 1.29 is 22.1 Å². The van der Waals surface area contributed by atoms with E-state index in [0.29, 0.717) is 16.4 Å². The van der Waals surface area contributed by atoms with Gasteiger partial charge in [-0.25, -0.2) is 4.98 Å². The number of ether oxygens (including phenoxy) is 1. The second kappa shape index (κ2) is 11.1. The molecule has 37 heavy (non-hydrogen) atoms. The summed E-state index contributed by atoms with van der Waals surface area (Å²) in [6, 6.07) is 22.0. The van der Waals surface area contributed by atoms with Gasteiger partial charge in [0.05, 0.1) is 12.8 Å². The van der Waals surface area contributed by atoms with E-state index < -0.39 is 16.0 Å². The Bertz CT molecular complexity index is 1600. The molecule has 0 bridgehead atoms. The van der Waals surface area contributed by atoms with E-state index in [2.05, 4.69) is 10.3 Å². The summed E-state index contributed by atoms with van der Waals surface area (Å²) < 4.78 is 35.9. The third-order valence-electron chi connectivity index (χ3n) is 5.17. The molecule has 0 unspecified atom stereocenters. The molecule has 1 heterocycles. The number of nitriles is 1. The Morgan fingerprint density at radius 3 is 2.46 bits per heavy atom. The first-order chi connectivity index (χ1) is 17.8. The average molecular weight is 532 g/mol. The fourth-order valence-corrected chi connectivity index (χ4v) is 4.92. The van der Waals surface area contributed by atoms with E-state index in [1.807, 2.05) is 48.7 Å². The van der Waals surface area contributed by atoms with E-state index in [9.17, 15) is 18.5 Å². The number of aryl methyl sites for hydroxylation is 1. The van der Waals surface area contributed by atoms with Crippen LogP contribution in [0, 0.1) is 18.3 Å². The van der Waals surface area contributed by atoms with Gasteiger partial charge in [0.2, 0.25) is 0 Å². The summed E-state index contributed by atoms with van der Waals surface area (Å²) in [5.74, 6) is -0.535. The molecular weight excluding hydrogens is 510 g/mol. The summed E-state index contributed by atoms with van der Waals surface area (Å²) in [4.78, 5) is 17.1. The Labute approximate surface area is 218 Å². The van der Waals surface area contributed by atoms with Gasteiger partial charge in [-0.1, -0.05) is 54.1 Å². The summed E-state index contributed by atoms with van der Waals surface area (Å²) in [5.41, 5.74) is 2.81. The minimum atomic E-state index is -4.09. The van der Waals surface area contributed by atoms with E-state index in [-0.39, 0.29) is 22.0 Å². The first-order valence-corrected chi connectivity index (χ1v) is 13.2. The number of hydrogen-bond donors (Lipinski definition) is 1. The van der Waals surface area contributed by atoms with Crippen molar-refractivity contribution in [2.45, 2.75) is 11.8 Å². The van der Waals surface area contributed by atoms with Gasteiger partial charge in [-0.2, -0.15) is 13.7 Å². The fourth-order valence-electron chi connectivity index (χ4n) is 3.27. The van der Waals surface area contributed by atoms with Gasteiger partial charge in [-0.05, 0) is 42.8 Å². The van der Waals surface area contributed by atoms with Crippen LogP contribution in [0.1, 0.15) is 11.1 Å². The van der Waals surface area contributed by atoms with E-state index >= 15 is 0 Å². The Kier molecular flexibility index (Phi) is 7.67. The standard InChI is InChI=1S/C27H21N3O5S2/c1-18-8-11-22(12-9-18)37(32,33)35-24-13-10-19(15-25(24)34-2)14-21(16-28)26(31)30-27-29-23(17-36-27)20-6-4-3-5-7-20/h3-15,17H,1-2H3,(H,29,30,31)/b21-14-. The number of rotatable bonds is 8. The molecule has 0 aliphatic carbocycles. The quantitative estimate of drug-likeness (QED) is 0.183. The van der Waals surface area contributed by atoms with E-state index in [1.54, 1.807) is 12.1 Å². The number of nitrogens with zero attached hydrogens (tertiary/aromatic N) is 2. The number of aromatic nitrogens is 1. The van der Waals surface area contributed by atoms with Crippen molar-refractivity contribution in [1.29, 1.82) is 5.26 Å². The SMILES string of the molecule is COc1cc(/C=C(/C#N)C(=O)Nc2nc(-c3ccccc3)cs2)ccc1OS(=O)(=O)c1ccc(C)cc1. The predicted molar refractivity (Wildman–Crippen MR) is 142 cm³/mol. The topological polar surface area (TPSA) is 118 Å². The minimum Gasteiger partial charge on any atom is -0.493 e. The molecule has 3 aromatic carbocycles. The van der Waals surface area contributed by atoms with E-state index in [4.69, 9.17) is 8.92 Å². The molecule has 0 fully saturated rings. The molecule has 0 atom stereocenters. The second-order valence-electron chi connectivity index (χ2n) is 7.79. The van der Waals surface area contributed by atoms with Gasteiger partial charge in [-0.15, -0.1) is 11.3 Å². The lowest BCUT2D eigenvalue weighted by Gasteiger charge is -2.11. The molecule has 0 spiro atoms. The Morgan fingerprint density at radius 1 is 1.05 bits per heavy atom. The normalized spacial score (nSPS) is 11.4. The van der Waals surface area contributed by atoms with Crippen LogP contribution in [0.4, 0.5) is 5.13 Å². The van der Waals surface area contributed by atoms with Crippen molar-refractivity contribution in [1.82, 2.24) is 4.98 Å². The lowest BCUT2D eigenvalue weighted by atomic mass is 10.1. The van der Waals surface area contributed by atoms with E-state index in [0.717, 1.165) is 11.1 Å². The summed E-state index contributed by atoms with van der Waals surface area (Å²) >= 11 is 1.25. The monoisotopic (exact) mass is 531 g/mol. The summed E-state index contributed by atoms with van der Waals surface area (Å²) in [7, 11) is -2.73. The maximum atomic E-state index is 12.7. The summed E-state index contributed by atoms with van der Waals surface area (Å²) in [6.07, 6.45) is 1.36. The van der Waals surface area contributed by atoms with Crippen LogP contribution < -0.4 is 14.2 Å². The number of carbonyl (C=O) groups is 1. The Hall–Kier alpha value is -4.46. The highest BCUT2D eigenvalue weighted by Gasteiger charge is 2.20. The van der Waals surface area contributed by atoms with Crippen LogP contribution in [0.15, 0.2) is 88.6 Å². The number of nitrogens with one attached hydrogen (secondary N) is 1. The highest BCUT2D eigenvalue weighted by molar-refractivity contribution is 7.87. The Morgan fingerprint density at radius 2 is 1.78 bits per heavy atom. The van der Waals surface area contributed by atoms with Crippen molar-refractivity contribution in [3.63, 3.8) is 0 Å². The first kappa shape index (κ1) is 25.6.